The molecule has 0 unspecified atom stereocenters. The van der Waals surface area contributed by atoms with Crippen LogP contribution in [0.2, 0.25) is 5.02 Å². The van der Waals surface area contributed by atoms with Gasteiger partial charge in [-0.05, 0) is 0 Å². The van der Waals surface area contributed by atoms with Gasteiger partial charge in [0.1, 0.15) is 5.02 Å². The highest BCUT2D eigenvalue weighted by Gasteiger charge is 2.16. The van der Waals surface area contributed by atoms with Gasteiger partial charge in [0.05, 0.1) is 0 Å². The van der Waals surface area contributed by atoms with Crippen LogP contribution in [0.5, 0.6) is 0 Å². The van der Waals surface area contributed by atoms with E-state index in [0.29, 0.717) is 0 Å². The Balaban J connectivity index is 3.38. The molecule has 1 aromatic rings. The largest absolute Gasteiger partial charge is 0.327 e. The second-order valence-electron chi connectivity index (χ2n) is 2.30. The fourth-order valence-corrected chi connectivity index (χ4v) is 1.47. The minimum absolute atomic E-state index is 0.0120. The van der Waals surface area contributed by atoms with Crippen LogP contribution in [0, 0.1) is 0 Å². The van der Waals surface area contributed by atoms with Crippen LogP contribution in [0.1, 0.15) is 17.6 Å². The van der Waals surface area contributed by atoms with Gasteiger partial charge >= 0.3 is 0 Å². The predicted octanol–water partition coefficient (Wildman–Crippen LogP) is 2.70. The fourth-order valence-electron chi connectivity index (χ4n) is 0.888. The molecule has 1 N–H and O–H groups in total. The summed E-state index contributed by atoms with van der Waals surface area (Å²) in [7, 11) is 0. The van der Waals surface area contributed by atoms with Crippen molar-refractivity contribution in [2.24, 2.45) is 0 Å². The highest BCUT2D eigenvalue weighted by atomic mass is 35.5. The second kappa shape index (κ2) is 4.07. The third-order valence-corrected chi connectivity index (χ3v) is 2.21. The zero-order valence-electron chi connectivity index (χ0n) is 6.28. The quantitative estimate of drug-likeness (QED) is 0.775. The van der Waals surface area contributed by atoms with Gasteiger partial charge in [0.2, 0.25) is 0 Å². The average Bonchev–Trinajstić information content (AvgIpc) is 2.09. The van der Waals surface area contributed by atoms with Crippen molar-refractivity contribution in [3.05, 3.63) is 32.7 Å². The van der Waals surface area contributed by atoms with E-state index < -0.39 is 12.0 Å². The third kappa shape index (κ3) is 2.00. The zero-order chi connectivity index (χ0) is 10.0. The number of pyridine rings is 1. The van der Waals surface area contributed by atoms with Crippen molar-refractivity contribution in [2.75, 3.05) is 0 Å². The number of aromatic nitrogens is 1. The smallest absolute Gasteiger partial charge is 0.267 e. The number of nitrogens with one attached hydrogen (secondary N) is 1. The third-order valence-electron chi connectivity index (χ3n) is 1.54. The molecule has 0 aromatic carbocycles. The first kappa shape index (κ1) is 10.5. The molecule has 0 aliphatic rings. The summed E-state index contributed by atoms with van der Waals surface area (Å²) < 4.78 is 24.6. The van der Waals surface area contributed by atoms with Gasteiger partial charge in [-0.25, -0.2) is 8.78 Å². The van der Waals surface area contributed by atoms with Gasteiger partial charge < -0.3 is 4.98 Å². The van der Waals surface area contributed by atoms with E-state index in [0.717, 1.165) is 6.20 Å². The molecule has 0 saturated carbocycles. The van der Waals surface area contributed by atoms with Crippen molar-refractivity contribution >= 4 is 23.2 Å². The number of hydrogen-bond donors (Lipinski definition) is 1. The van der Waals surface area contributed by atoms with Crippen molar-refractivity contribution < 1.29 is 8.78 Å². The second-order valence-corrected chi connectivity index (χ2v) is 2.95. The molecule has 13 heavy (non-hydrogen) atoms. The molecular weight excluding hydrogens is 223 g/mol. The van der Waals surface area contributed by atoms with E-state index in [1.165, 1.54) is 0 Å². The molecule has 1 rings (SSSR count). The van der Waals surface area contributed by atoms with E-state index in [1.54, 1.807) is 0 Å². The van der Waals surface area contributed by atoms with E-state index in [2.05, 4.69) is 4.98 Å². The number of alkyl halides is 3. The molecule has 0 atom stereocenters. The van der Waals surface area contributed by atoms with Gasteiger partial charge in [0, 0.05) is 23.2 Å². The molecule has 72 valence electrons. The van der Waals surface area contributed by atoms with Gasteiger partial charge in [0.15, 0.2) is 0 Å². The first-order chi connectivity index (χ1) is 6.07. The summed E-state index contributed by atoms with van der Waals surface area (Å²) in [6.07, 6.45) is -1.76. The van der Waals surface area contributed by atoms with Crippen LogP contribution >= 0.6 is 23.2 Å². The van der Waals surface area contributed by atoms with E-state index >= 15 is 0 Å². The topological polar surface area (TPSA) is 32.9 Å². The molecule has 1 aromatic heterocycles. The zero-order valence-corrected chi connectivity index (χ0v) is 7.79. The van der Waals surface area contributed by atoms with E-state index in [4.69, 9.17) is 23.2 Å². The summed E-state index contributed by atoms with van der Waals surface area (Å²) in [6, 6.07) is 0. The monoisotopic (exact) mass is 227 g/mol. The minimum atomic E-state index is -2.69. The van der Waals surface area contributed by atoms with Gasteiger partial charge in [-0.3, -0.25) is 4.79 Å². The Hall–Kier alpha value is -0.610. The summed E-state index contributed by atoms with van der Waals surface area (Å²) in [4.78, 5) is 13.0. The number of halogens is 4. The summed E-state index contributed by atoms with van der Waals surface area (Å²) >= 11 is 10.9. The van der Waals surface area contributed by atoms with Crippen LogP contribution in [0.3, 0.4) is 0 Å². The van der Waals surface area contributed by atoms with Gasteiger partial charge in [0.25, 0.3) is 12.0 Å². The van der Waals surface area contributed by atoms with Crippen molar-refractivity contribution in [3.8, 4) is 0 Å². The molecule has 0 bridgehead atoms. The van der Waals surface area contributed by atoms with Crippen molar-refractivity contribution in [1.29, 1.82) is 0 Å². The number of rotatable bonds is 2. The maximum atomic E-state index is 12.3. The van der Waals surface area contributed by atoms with Gasteiger partial charge in [-0.15, -0.1) is 11.6 Å². The number of H-pyrrole nitrogens is 1. The molecule has 0 amide bonds. The molecule has 0 radical (unpaired) electrons. The summed E-state index contributed by atoms with van der Waals surface area (Å²) in [5.41, 5.74) is -0.955. The Morgan fingerprint density at radius 3 is 2.62 bits per heavy atom. The number of aromatic amines is 1. The molecule has 1 heterocycles. The predicted molar refractivity (Wildman–Crippen MR) is 46.6 cm³/mol. The van der Waals surface area contributed by atoms with Gasteiger partial charge in [-0.2, -0.15) is 0 Å². The highest BCUT2D eigenvalue weighted by Crippen LogP contribution is 2.26. The lowest BCUT2D eigenvalue weighted by molar-refractivity contribution is 0.150. The average molecular weight is 228 g/mol. The Labute approximate surface area is 82.5 Å². The van der Waals surface area contributed by atoms with Crippen molar-refractivity contribution in [1.82, 2.24) is 4.98 Å². The van der Waals surface area contributed by atoms with Crippen LogP contribution < -0.4 is 5.56 Å². The molecule has 0 aliphatic carbocycles. The molecule has 0 saturated heterocycles. The first-order valence-corrected chi connectivity index (χ1v) is 4.23. The first-order valence-electron chi connectivity index (χ1n) is 3.32. The Morgan fingerprint density at radius 2 is 2.15 bits per heavy atom. The Kier molecular flexibility index (Phi) is 3.27. The standard InChI is InChI=1S/C7H5Cl2F2NO/c8-1-3-4(6(10)11)2-12-7(13)5(3)9/h2,6H,1H2,(H,12,13). The van der Waals surface area contributed by atoms with Crippen molar-refractivity contribution in [3.63, 3.8) is 0 Å². The summed E-state index contributed by atoms with van der Waals surface area (Å²) in [6.45, 7) is 0. The Morgan fingerprint density at radius 1 is 1.54 bits per heavy atom. The summed E-state index contributed by atoms with van der Waals surface area (Å²) in [5.74, 6) is -0.206. The van der Waals surface area contributed by atoms with E-state index in [1.807, 2.05) is 0 Å². The van der Waals surface area contributed by atoms with E-state index in [9.17, 15) is 13.6 Å². The van der Waals surface area contributed by atoms with Crippen LogP contribution in [-0.4, -0.2) is 4.98 Å². The molecule has 2 nitrogen and oxygen atoms in total. The lowest BCUT2D eigenvalue weighted by Crippen LogP contribution is -2.10. The lowest BCUT2D eigenvalue weighted by Gasteiger charge is -2.06. The van der Waals surface area contributed by atoms with Crippen LogP contribution in [-0.2, 0) is 5.88 Å². The molecule has 0 aliphatic heterocycles. The van der Waals surface area contributed by atoms with Crippen LogP contribution in [0.4, 0.5) is 8.78 Å². The van der Waals surface area contributed by atoms with Gasteiger partial charge in [-0.1, -0.05) is 11.6 Å². The molecular formula is C7H5Cl2F2NO. The maximum Gasteiger partial charge on any atom is 0.267 e. The lowest BCUT2D eigenvalue weighted by atomic mass is 10.2. The Bertz CT molecular complexity index is 364. The molecule has 0 spiro atoms. The van der Waals surface area contributed by atoms with Crippen LogP contribution in [0.15, 0.2) is 11.0 Å². The van der Waals surface area contributed by atoms with E-state index in [-0.39, 0.29) is 22.0 Å². The number of hydrogen-bond acceptors (Lipinski definition) is 1. The normalized spacial score (nSPS) is 10.8. The highest BCUT2D eigenvalue weighted by molar-refractivity contribution is 6.32. The SMILES string of the molecule is O=c1[nH]cc(C(F)F)c(CCl)c1Cl. The fraction of sp³-hybridized carbons (Fsp3) is 0.286. The molecule has 6 heteroatoms. The molecule has 0 fully saturated rings. The van der Waals surface area contributed by atoms with Crippen molar-refractivity contribution in [2.45, 2.75) is 12.3 Å². The van der Waals surface area contributed by atoms with Crippen LogP contribution in [0.25, 0.3) is 0 Å². The maximum absolute atomic E-state index is 12.3. The minimum Gasteiger partial charge on any atom is -0.327 e. The summed E-state index contributed by atoms with van der Waals surface area (Å²) in [5, 5.41) is -0.271.